The minimum absolute atomic E-state index is 0.0758. The van der Waals surface area contributed by atoms with Crippen molar-refractivity contribution in [1.29, 1.82) is 0 Å². The number of carboxylic acids is 1. The van der Waals surface area contributed by atoms with Crippen LogP contribution in [-0.4, -0.2) is 11.1 Å². The van der Waals surface area contributed by atoms with Crippen molar-refractivity contribution in [3.63, 3.8) is 0 Å². The molecule has 0 aromatic heterocycles. The Morgan fingerprint density at radius 1 is 1.16 bits per heavy atom. The molecule has 0 bridgehead atoms. The topological polar surface area (TPSA) is 101 Å². The second-order valence-corrected chi connectivity index (χ2v) is 4.38. The minimum atomic E-state index is -1.21. The van der Waals surface area contributed by atoms with Gasteiger partial charge in [0.2, 0.25) is 0 Å². The van der Waals surface area contributed by atoms with Crippen molar-refractivity contribution in [1.82, 2.24) is 5.43 Å². The van der Waals surface area contributed by atoms with E-state index in [1.165, 1.54) is 0 Å². The molecule has 5 nitrogen and oxygen atoms in total. The van der Waals surface area contributed by atoms with E-state index in [-0.39, 0.29) is 11.4 Å². The lowest BCUT2D eigenvalue weighted by molar-refractivity contribution is -0.133. The fourth-order valence-corrected chi connectivity index (χ4v) is 1.96. The third-order valence-corrected chi connectivity index (χ3v) is 2.98. The molecule has 6 N–H and O–H groups in total. The van der Waals surface area contributed by atoms with Crippen LogP contribution in [0.15, 0.2) is 42.1 Å². The van der Waals surface area contributed by atoms with E-state index in [4.69, 9.17) is 28.3 Å². The molecule has 98 valence electrons. The average molecular weight is 278 g/mol. The van der Waals surface area contributed by atoms with Gasteiger partial charge in [-0.05, 0) is 29.0 Å². The fourth-order valence-electron chi connectivity index (χ4n) is 1.78. The summed E-state index contributed by atoms with van der Waals surface area (Å²) in [4.78, 5) is 11.0. The maximum Gasteiger partial charge on any atom is 0.355 e. The van der Waals surface area contributed by atoms with Gasteiger partial charge in [-0.2, -0.15) is 0 Å². The lowest BCUT2D eigenvalue weighted by atomic mass is 10.0. The van der Waals surface area contributed by atoms with Crippen molar-refractivity contribution in [2.24, 2.45) is 11.6 Å². The predicted octanol–water partition coefficient (Wildman–Crippen LogP) is 1.67. The van der Waals surface area contributed by atoms with Crippen molar-refractivity contribution < 1.29 is 9.90 Å². The van der Waals surface area contributed by atoms with E-state index in [9.17, 15) is 4.79 Å². The highest BCUT2D eigenvalue weighted by molar-refractivity contribution is 6.31. The summed E-state index contributed by atoms with van der Waals surface area (Å²) in [7, 11) is 0. The molecule has 0 saturated carbocycles. The third-order valence-electron chi connectivity index (χ3n) is 2.74. The third kappa shape index (κ3) is 2.62. The van der Waals surface area contributed by atoms with Crippen LogP contribution in [0.2, 0.25) is 5.02 Å². The summed E-state index contributed by atoms with van der Waals surface area (Å²) in [5.74, 6) is 3.95. The Morgan fingerprint density at radius 3 is 2.42 bits per heavy atom. The number of carbonyl (C=O) groups is 1. The van der Waals surface area contributed by atoms with Crippen LogP contribution in [0.4, 0.5) is 0 Å². The summed E-state index contributed by atoms with van der Waals surface area (Å²) in [6, 6.07) is 10.7. The van der Waals surface area contributed by atoms with Gasteiger partial charge in [0, 0.05) is 10.6 Å². The van der Waals surface area contributed by atoms with E-state index in [1.807, 2.05) is 18.2 Å². The minimum Gasteiger partial charge on any atom is -0.476 e. The Balaban J connectivity index is 2.58. The van der Waals surface area contributed by atoms with Gasteiger partial charge in [0.25, 0.3) is 0 Å². The molecule has 0 spiro atoms. The fraction of sp³-hybridized carbons (Fsp3) is 0. The summed E-state index contributed by atoms with van der Waals surface area (Å²) < 4.78 is 0. The second kappa shape index (κ2) is 5.17. The zero-order chi connectivity index (χ0) is 14.0. The van der Waals surface area contributed by atoms with Gasteiger partial charge in [-0.3, -0.25) is 5.84 Å². The summed E-state index contributed by atoms with van der Waals surface area (Å²) in [6.07, 6.45) is 0. The van der Waals surface area contributed by atoms with Crippen LogP contribution in [0, 0.1) is 0 Å². The number of fused-ring (bicyclic) bond motifs is 1. The van der Waals surface area contributed by atoms with Gasteiger partial charge in [0.1, 0.15) is 0 Å². The number of hydrogen-bond acceptors (Lipinski definition) is 4. The SMILES string of the molecule is NN/C(C(=O)O)=C(\N)c1ccc2cc(Cl)ccc2c1. The van der Waals surface area contributed by atoms with E-state index in [0.717, 1.165) is 10.8 Å². The number of aliphatic carboxylic acids is 1. The van der Waals surface area contributed by atoms with Crippen LogP contribution in [0.25, 0.3) is 16.5 Å². The largest absolute Gasteiger partial charge is 0.476 e. The van der Waals surface area contributed by atoms with Crippen LogP contribution in [-0.2, 0) is 4.79 Å². The quantitative estimate of drug-likeness (QED) is 0.388. The maximum atomic E-state index is 11.0. The first kappa shape index (κ1) is 13.2. The molecule has 0 radical (unpaired) electrons. The molecule has 0 heterocycles. The number of hydrazine groups is 1. The molecule has 0 saturated heterocycles. The molecule has 0 atom stereocenters. The number of nitrogens with one attached hydrogen (secondary N) is 1. The van der Waals surface area contributed by atoms with Gasteiger partial charge in [0.05, 0.1) is 5.70 Å². The van der Waals surface area contributed by atoms with E-state index < -0.39 is 5.97 Å². The van der Waals surface area contributed by atoms with Crippen LogP contribution < -0.4 is 17.0 Å². The average Bonchev–Trinajstić information content (AvgIpc) is 2.38. The Morgan fingerprint density at radius 2 is 1.79 bits per heavy atom. The molecule has 0 amide bonds. The molecule has 2 aromatic carbocycles. The molecule has 0 unspecified atom stereocenters. The molecule has 2 rings (SSSR count). The number of halogens is 1. The summed E-state index contributed by atoms with van der Waals surface area (Å²) in [5, 5.41) is 11.4. The van der Waals surface area contributed by atoms with Crippen LogP contribution in [0.5, 0.6) is 0 Å². The van der Waals surface area contributed by atoms with Crippen molar-refractivity contribution in [2.75, 3.05) is 0 Å². The van der Waals surface area contributed by atoms with E-state index in [0.29, 0.717) is 10.6 Å². The molecular weight excluding hydrogens is 266 g/mol. The standard InChI is InChI=1S/C13H12ClN3O2/c14-10-4-3-7-5-9(2-1-8(7)6-10)11(15)12(17-16)13(18)19/h1-6,17H,15-16H2,(H,18,19)/b12-11-. The molecule has 0 fully saturated rings. The molecular formula is C13H12ClN3O2. The van der Waals surface area contributed by atoms with Crippen molar-refractivity contribution in [2.45, 2.75) is 0 Å². The van der Waals surface area contributed by atoms with Crippen LogP contribution in [0.3, 0.4) is 0 Å². The zero-order valence-corrected chi connectivity index (χ0v) is 10.6. The van der Waals surface area contributed by atoms with Crippen molar-refractivity contribution >= 4 is 34.0 Å². The number of rotatable bonds is 3. The molecule has 6 heteroatoms. The van der Waals surface area contributed by atoms with Crippen molar-refractivity contribution in [3.8, 4) is 0 Å². The number of carboxylic acid groups (broad SMARTS) is 1. The van der Waals surface area contributed by atoms with Gasteiger partial charge in [-0.15, -0.1) is 0 Å². The highest BCUT2D eigenvalue weighted by Crippen LogP contribution is 2.23. The Labute approximate surface area is 114 Å². The molecule has 0 aliphatic carbocycles. The molecule has 19 heavy (non-hydrogen) atoms. The smallest absolute Gasteiger partial charge is 0.355 e. The lowest BCUT2D eigenvalue weighted by Gasteiger charge is -2.08. The molecule has 0 aliphatic heterocycles. The normalized spacial score (nSPS) is 12.1. The van der Waals surface area contributed by atoms with E-state index in [1.54, 1.807) is 18.2 Å². The van der Waals surface area contributed by atoms with Gasteiger partial charge in [0.15, 0.2) is 5.70 Å². The Hall–Kier alpha value is -2.24. The Kier molecular flexibility index (Phi) is 3.59. The maximum absolute atomic E-state index is 11.0. The Bertz CT molecular complexity index is 683. The first-order valence-electron chi connectivity index (χ1n) is 5.42. The number of hydrogen-bond donors (Lipinski definition) is 4. The molecule has 0 aliphatic rings. The number of nitrogens with two attached hydrogens (primary N) is 2. The number of benzene rings is 2. The summed E-state index contributed by atoms with van der Waals surface area (Å²) >= 11 is 5.90. The molecule has 2 aromatic rings. The zero-order valence-electron chi connectivity index (χ0n) is 9.85. The van der Waals surface area contributed by atoms with Gasteiger partial charge < -0.3 is 16.3 Å². The summed E-state index contributed by atoms with van der Waals surface area (Å²) in [5.41, 5.74) is 8.30. The second-order valence-electron chi connectivity index (χ2n) is 3.94. The monoisotopic (exact) mass is 277 g/mol. The van der Waals surface area contributed by atoms with E-state index >= 15 is 0 Å². The first-order chi connectivity index (χ1) is 9.02. The van der Waals surface area contributed by atoms with Gasteiger partial charge in [-0.1, -0.05) is 29.8 Å². The van der Waals surface area contributed by atoms with Crippen molar-refractivity contribution in [3.05, 3.63) is 52.7 Å². The highest BCUT2D eigenvalue weighted by Gasteiger charge is 2.12. The predicted molar refractivity (Wildman–Crippen MR) is 75.0 cm³/mol. The van der Waals surface area contributed by atoms with Gasteiger partial charge >= 0.3 is 5.97 Å². The van der Waals surface area contributed by atoms with Gasteiger partial charge in [-0.25, -0.2) is 4.79 Å². The summed E-state index contributed by atoms with van der Waals surface area (Å²) in [6.45, 7) is 0. The first-order valence-corrected chi connectivity index (χ1v) is 5.80. The van der Waals surface area contributed by atoms with Crippen LogP contribution >= 0.6 is 11.6 Å². The lowest BCUT2D eigenvalue weighted by Crippen LogP contribution is -2.29. The highest BCUT2D eigenvalue weighted by atomic mass is 35.5. The van der Waals surface area contributed by atoms with E-state index in [2.05, 4.69) is 5.43 Å². The van der Waals surface area contributed by atoms with Crippen LogP contribution in [0.1, 0.15) is 5.56 Å².